The van der Waals surface area contributed by atoms with Crippen LogP contribution in [0.25, 0.3) is 0 Å². The van der Waals surface area contributed by atoms with Crippen molar-refractivity contribution in [2.75, 3.05) is 32.7 Å². The summed E-state index contributed by atoms with van der Waals surface area (Å²) in [6.45, 7) is 6.08. The molecule has 1 N–H and O–H groups in total. The van der Waals surface area contributed by atoms with Crippen LogP contribution in [-0.2, 0) is 0 Å². The molecule has 1 saturated heterocycles. The summed E-state index contributed by atoms with van der Waals surface area (Å²) in [5.74, 6) is 0.906. The standard InChI is InChI=1S/C9H15BrN2/c10-9-2-1-3-12(7-9)6-8-4-11-5-8/h2,8,11H,1,3-7H2. The quantitative estimate of drug-likeness (QED) is 0.768. The van der Waals surface area contributed by atoms with Crippen LogP contribution in [0.2, 0.25) is 0 Å². The third-order valence-corrected chi connectivity index (χ3v) is 3.14. The Labute approximate surface area is 82.1 Å². The molecule has 0 unspecified atom stereocenters. The summed E-state index contributed by atoms with van der Waals surface area (Å²) < 4.78 is 1.36. The molecule has 0 atom stereocenters. The summed E-state index contributed by atoms with van der Waals surface area (Å²) in [5, 5.41) is 3.31. The van der Waals surface area contributed by atoms with Gasteiger partial charge in [0.25, 0.3) is 0 Å². The van der Waals surface area contributed by atoms with E-state index in [2.05, 4.69) is 32.2 Å². The second-order valence-corrected chi connectivity index (χ2v) is 4.72. The first kappa shape index (κ1) is 8.73. The number of nitrogens with one attached hydrogen (secondary N) is 1. The maximum absolute atomic E-state index is 3.56. The van der Waals surface area contributed by atoms with Crippen LogP contribution < -0.4 is 5.32 Å². The van der Waals surface area contributed by atoms with Crippen LogP contribution in [-0.4, -0.2) is 37.6 Å². The Morgan fingerprint density at radius 3 is 3.00 bits per heavy atom. The Hall–Kier alpha value is 0.140. The van der Waals surface area contributed by atoms with Gasteiger partial charge in [-0.25, -0.2) is 0 Å². The van der Waals surface area contributed by atoms with Crippen molar-refractivity contribution in [2.24, 2.45) is 5.92 Å². The van der Waals surface area contributed by atoms with E-state index in [9.17, 15) is 0 Å². The van der Waals surface area contributed by atoms with E-state index in [-0.39, 0.29) is 0 Å². The highest BCUT2D eigenvalue weighted by Gasteiger charge is 2.21. The third kappa shape index (κ3) is 2.09. The Morgan fingerprint density at radius 1 is 1.58 bits per heavy atom. The van der Waals surface area contributed by atoms with Gasteiger partial charge in [0.2, 0.25) is 0 Å². The van der Waals surface area contributed by atoms with Crippen LogP contribution in [0.1, 0.15) is 6.42 Å². The van der Waals surface area contributed by atoms with Crippen molar-refractivity contribution in [3.05, 3.63) is 10.6 Å². The maximum atomic E-state index is 3.56. The lowest BCUT2D eigenvalue weighted by atomic mass is 10.0. The van der Waals surface area contributed by atoms with Crippen LogP contribution in [0.4, 0.5) is 0 Å². The van der Waals surface area contributed by atoms with Gasteiger partial charge < -0.3 is 5.32 Å². The lowest BCUT2D eigenvalue weighted by Crippen LogP contribution is -2.49. The van der Waals surface area contributed by atoms with Gasteiger partial charge in [-0.3, -0.25) is 4.90 Å². The van der Waals surface area contributed by atoms with E-state index in [0.717, 1.165) is 12.5 Å². The lowest BCUT2D eigenvalue weighted by molar-refractivity contribution is 0.204. The van der Waals surface area contributed by atoms with Crippen molar-refractivity contribution in [3.8, 4) is 0 Å². The van der Waals surface area contributed by atoms with Crippen molar-refractivity contribution < 1.29 is 0 Å². The summed E-state index contributed by atoms with van der Waals surface area (Å²) in [6, 6.07) is 0. The largest absolute Gasteiger partial charge is 0.316 e. The Balaban J connectivity index is 1.77. The summed E-state index contributed by atoms with van der Waals surface area (Å²) in [7, 11) is 0. The van der Waals surface area contributed by atoms with Gasteiger partial charge in [0.05, 0.1) is 0 Å². The minimum Gasteiger partial charge on any atom is -0.316 e. The number of hydrogen-bond donors (Lipinski definition) is 1. The molecule has 0 radical (unpaired) electrons. The second kappa shape index (κ2) is 3.90. The van der Waals surface area contributed by atoms with E-state index in [1.165, 1.54) is 37.1 Å². The van der Waals surface area contributed by atoms with E-state index in [4.69, 9.17) is 0 Å². The van der Waals surface area contributed by atoms with Crippen molar-refractivity contribution >= 4 is 15.9 Å². The molecule has 1 fully saturated rings. The van der Waals surface area contributed by atoms with Crippen LogP contribution in [0.3, 0.4) is 0 Å². The molecule has 0 aromatic rings. The minimum atomic E-state index is 0.906. The molecule has 0 saturated carbocycles. The minimum absolute atomic E-state index is 0.906. The van der Waals surface area contributed by atoms with Crippen molar-refractivity contribution in [3.63, 3.8) is 0 Å². The number of hydrogen-bond acceptors (Lipinski definition) is 2. The van der Waals surface area contributed by atoms with E-state index >= 15 is 0 Å². The van der Waals surface area contributed by atoms with Crippen LogP contribution >= 0.6 is 15.9 Å². The molecule has 3 heteroatoms. The van der Waals surface area contributed by atoms with Gasteiger partial charge in [-0.1, -0.05) is 22.0 Å². The Morgan fingerprint density at radius 2 is 2.42 bits per heavy atom. The SMILES string of the molecule is BrC1=CCCN(CC2CNC2)C1. The molecule has 2 aliphatic rings. The molecule has 2 rings (SSSR count). The molecule has 0 bridgehead atoms. The summed E-state index contributed by atoms with van der Waals surface area (Å²) in [6.07, 6.45) is 3.50. The Kier molecular flexibility index (Phi) is 2.84. The monoisotopic (exact) mass is 230 g/mol. The molecule has 68 valence electrons. The zero-order valence-corrected chi connectivity index (χ0v) is 8.81. The third-order valence-electron chi connectivity index (χ3n) is 2.57. The molecule has 0 aromatic carbocycles. The fourth-order valence-electron chi connectivity index (χ4n) is 1.76. The van der Waals surface area contributed by atoms with Gasteiger partial charge in [0.1, 0.15) is 0 Å². The fraction of sp³-hybridized carbons (Fsp3) is 0.778. The fourth-order valence-corrected chi connectivity index (χ4v) is 2.34. The van der Waals surface area contributed by atoms with Gasteiger partial charge in [-0.15, -0.1) is 0 Å². The normalized spacial score (nSPS) is 26.6. The van der Waals surface area contributed by atoms with Crippen LogP contribution in [0.15, 0.2) is 10.6 Å². The average Bonchev–Trinajstić information content (AvgIpc) is 1.97. The first-order valence-electron chi connectivity index (χ1n) is 4.62. The van der Waals surface area contributed by atoms with Crippen LogP contribution in [0, 0.1) is 5.92 Å². The van der Waals surface area contributed by atoms with Gasteiger partial charge >= 0.3 is 0 Å². The van der Waals surface area contributed by atoms with Gasteiger partial charge in [0, 0.05) is 37.2 Å². The highest BCUT2D eigenvalue weighted by Crippen LogP contribution is 2.16. The molecule has 12 heavy (non-hydrogen) atoms. The molecular weight excluding hydrogens is 216 g/mol. The maximum Gasteiger partial charge on any atom is 0.0296 e. The zero-order valence-electron chi connectivity index (χ0n) is 7.22. The van der Waals surface area contributed by atoms with E-state index in [1.54, 1.807) is 0 Å². The van der Waals surface area contributed by atoms with Gasteiger partial charge in [0.15, 0.2) is 0 Å². The summed E-state index contributed by atoms with van der Waals surface area (Å²) in [5.41, 5.74) is 0. The van der Waals surface area contributed by atoms with Crippen molar-refractivity contribution in [1.82, 2.24) is 10.2 Å². The topological polar surface area (TPSA) is 15.3 Å². The lowest BCUT2D eigenvalue weighted by Gasteiger charge is -2.34. The first-order chi connectivity index (χ1) is 5.84. The predicted octanol–water partition coefficient (Wildman–Crippen LogP) is 1.19. The molecule has 0 amide bonds. The van der Waals surface area contributed by atoms with E-state index in [1.807, 2.05) is 0 Å². The summed E-state index contributed by atoms with van der Waals surface area (Å²) >= 11 is 3.56. The number of halogens is 1. The molecule has 2 aliphatic heterocycles. The Bertz CT molecular complexity index is 187. The smallest absolute Gasteiger partial charge is 0.0296 e. The highest BCUT2D eigenvalue weighted by atomic mass is 79.9. The second-order valence-electron chi connectivity index (χ2n) is 3.70. The van der Waals surface area contributed by atoms with Crippen molar-refractivity contribution in [2.45, 2.75) is 6.42 Å². The molecule has 2 heterocycles. The predicted molar refractivity (Wildman–Crippen MR) is 54.4 cm³/mol. The zero-order chi connectivity index (χ0) is 8.39. The number of nitrogens with zero attached hydrogens (tertiary/aromatic N) is 1. The summed E-state index contributed by atoms with van der Waals surface area (Å²) in [4.78, 5) is 2.54. The van der Waals surface area contributed by atoms with Gasteiger partial charge in [-0.2, -0.15) is 0 Å². The average molecular weight is 231 g/mol. The van der Waals surface area contributed by atoms with Crippen molar-refractivity contribution in [1.29, 1.82) is 0 Å². The highest BCUT2D eigenvalue weighted by molar-refractivity contribution is 9.11. The molecule has 2 nitrogen and oxygen atoms in total. The number of rotatable bonds is 2. The van der Waals surface area contributed by atoms with E-state index in [0.29, 0.717) is 0 Å². The molecule has 0 aromatic heterocycles. The van der Waals surface area contributed by atoms with Crippen LogP contribution in [0.5, 0.6) is 0 Å². The molecule has 0 spiro atoms. The van der Waals surface area contributed by atoms with E-state index < -0.39 is 0 Å². The molecular formula is C9H15BrN2. The first-order valence-corrected chi connectivity index (χ1v) is 5.41. The van der Waals surface area contributed by atoms with Gasteiger partial charge in [-0.05, 0) is 12.3 Å². The molecule has 0 aliphatic carbocycles.